The van der Waals surface area contributed by atoms with Crippen LogP contribution in [0.2, 0.25) is 0 Å². The molecule has 0 aliphatic carbocycles. The second-order valence-corrected chi connectivity index (χ2v) is 7.40. The van der Waals surface area contributed by atoms with Gasteiger partial charge in [-0.2, -0.15) is 17.4 Å². The molecule has 3 N–H and O–H groups in total. The molecule has 0 aromatic rings. The fourth-order valence-electron chi connectivity index (χ4n) is 2.03. The zero-order chi connectivity index (χ0) is 13.8. The number of aliphatic hydroxyl groups excluding tert-OH is 1. The molecule has 1 unspecified atom stereocenters. The van der Waals surface area contributed by atoms with Crippen LogP contribution >= 0.6 is 0 Å². The Morgan fingerprint density at radius 1 is 1.44 bits per heavy atom. The highest BCUT2D eigenvalue weighted by Crippen LogP contribution is 2.11. The maximum absolute atomic E-state index is 12.2. The quantitative estimate of drug-likeness (QED) is 0.621. The molecular weight excluding hydrogens is 254 g/mol. The lowest BCUT2D eigenvalue weighted by Crippen LogP contribution is -2.52. The highest BCUT2D eigenvalue weighted by Gasteiger charge is 2.29. The van der Waals surface area contributed by atoms with E-state index in [1.807, 2.05) is 0 Å². The fraction of sp³-hybridized carbons (Fsp3) is 1.00. The molecule has 0 aromatic carbocycles. The van der Waals surface area contributed by atoms with Crippen LogP contribution in [0.1, 0.15) is 33.6 Å². The maximum Gasteiger partial charge on any atom is 0.280 e. The van der Waals surface area contributed by atoms with Gasteiger partial charge in [-0.3, -0.25) is 0 Å². The molecule has 6 nitrogen and oxygen atoms in total. The van der Waals surface area contributed by atoms with Crippen LogP contribution in [-0.4, -0.2) is 55.7 Å². The third-order valence-electron chi connectivity index (χ3n) is 2.71. The molecule has 0 bridgehead atoms. The lowest BCUT2D eigenvalue weighted by atomic mass is 10.1. The molecule has 0 radical (unpaired) electrons. The summed E-state index contributed by atoms with van der Waals surface area (Å²) < 4.78 is 28.3. The summed E-state index contributed by atoms with van der Waals surface area (Å²) in [6.45, 7) is 6.71. The molecule has 0 aromatic heterocycles. The van der Waals surface area contributed by atoms with Crippen molar-refractivity contribution in [3.63, 3.8) is 0 Å². The van der Waals surface area contributed by atoms with Gasteiger partial charge in [-0.25, -0.2) is 0 Å². The first-order valence-corrected chi connectivity index (χ1v) is 7.82. The van der Waals surface area contributed by atoms with E-state index in [0.29, 0.717) is 6.54 Å². The van der Waals surface area contributed by atoms with Crippen LogP contribution in [0.25, 0.3) is 0 Å². The number of nitrogens with one attached hydrogen (secondary N) is 2. The van der Waals surface area contributed by atoms with E-state index in [2.05, 4.69) is 10.0 Å². The summed E-state index contributed by atoms with van der Waals surface area (Å²) in [6, 6.07) is 0.188. The van der Waals surface area contributed by atoms with Crippen molar-refractivity contribution in [2.75, 3.05) is 26.2 Å². The average molecular weight is 279 g/mol. The van der Waals surface area contributed by atoms with Crippen LogP contribution in [0, 0.1) is 0 Å². The zero-order valence-electron chi connectivity index (χ0n) is 11.4. The Hall–Kier alpha value is -0.210. The molecular formula is C11H25N3O3S. The number of hydrogen-bond donors (Lipinski definition) is 3. The van der Waals surface area contributed by atoms with Crippen molar-refractivity contribution in [3.8, 4) is 0 Å². The fourth-order valence-corrected chi connectivity index (χ4v) is 3.63. The molecule has 7 heteroatoms. The van der Waals surface area contributed by atoms with Gasteiger partial charge in [0.2, 0.25) is 0 Å². The van der Waals surface area contributed by atoms with Gasteiger partial charge in [-0.15, -0.1) is 0 Å². The van der Waals surface area contributed by atoms with E-state index in [-0.39, 0.29) is 19.2 Å². The first-order chi connectivity index (χ1) is 8.24. The molecule has 1 heterocycles. The Kier molecular flexibility index (Phi) is 5.54. The van der Waals surface area contributed by atoms with Gasteiger partial charge in [0.15, 0.2) is 0 Å². The van der Waals surface area contributed by atoms with Gasteiger partial charge in [0.25, 0.3) is 10.2 Å². The molecule has 0 spiro atoms. The number of aliphatic hydroxyl groups is 1. The van der Waals surface area contributed by atoms with Crippen molar-refractivity contribution in [3.05, 3.63) is 0 Å². The van der Waals surface area contributed by atoms with Crippen molar-refractivity contribution >= 4 is 10.2 Å². The Bertz CT molecular complexity index is 345. The molecule has 1 saturated heterocycles. The van der Waals surface area contributed by atoms with E-state index < -0.39 is 15.7 Å². The summed E-state index contributed by atoms with van der Waals surface area (Å²) in [4.78, 5) is 0. The molecule has 1 aliphatic rings. The second-order valence-electron chi connectivity index (χ2n) is 5.73. The molecule has 1 atom stereocenters. The van der Waals surface area contributed by atoms with Gasteiger partial charge < -0.3 is 10.4 Å². The van der Waals surface area contributed by atoms with Gasteiger partial charge in [-0.1, -0.05) is 0 Å². The third-order valence-corrected chi connectivity index (χ3v) is 4.59. The largest absolute Gasteiger partial charge is 0.395 e. The molecule has 1 fully saturated rings. The minimum Gasteiger partial charge on any atom is -0.395 e. The second kappa shape index (κ2) is 6.29. The van der Waals surface area contributed by atoms with E-state index in [9.17, 15) is 8.42 Å². The summed E-state index contributed by atoms with van der Waals surface area (Å²) in [6.07, 6.45) is 2.05. The molecule has 18 heavy (non-hydrogen) atoms. The predicted molar refractivity (Wildman–Crippen MR) is 71.5 cm³/mol. The Balaban J connectivity index is 2.69. The van der Waals surface area contributed by atoms with E-state index in [4.69, 9.17) is 5.11 Å². The Labute approximate surface area is 110 Å². The van der Waals surface area contributed by atoms with E-state index >= 15 is 0 Å². The molecule has 0 saturated carbocycles. The van der Waals surface area contributed by atoms with Crippen LogP contribution in [-0.2, 0) is 10.2 Å². The van der Waals surface area contributed by atoms with Crippen LogP contribution in [0.15, 0.2) is 0 Å². The smallest absolute Gasteiger partial charge is 0.280 e. The molecule has 0 amide bonds. The number of hydrogen-bond acceptors (Lipinski definition) is 4. The van der Waals surface area contributed by atoms with Crippen molar-refractivity contribution in [1.29, 1.82) is 0 Å². The first-order valence-electron chi connectivity index (χ1n) is 6.38. The van der Waals surface area contributed by atoms with Gasteiger partial charge in [0.05, 0.1) is 6.61 Å². The van der Waals surface area contributed by atoms with Crippen LogP contribution in [0.5, 0.6) is 0 Å². The predicted octanol–water partition coefficient (Wildman–Crippen LogP) is -0.334. The van der Waals surface area contributed by atoms with Crippen LogP contribution in [0.3, 0.4) is 0 Å². The molecule has 1 rings (SSSR count). The van der Waals surface area contributed by atoms with Gasteiger partial charge >= 0.3 is 0 Å². The topological polar surface area (TPSA) is 81.7 Å². The standard InChI is InChI=1S/C11H25N3O3S/c1-11(2,3)13-18(16,17)14(7-8-15)9-10-5-4-6-12-10/h10,12-13,15H,4-9H2,1-3H3. The van der Waals surface area contributed by atoms with Crippen LogP contribution < -0.4 is 10.0 Å². The van der Waals surface area contributed by atoms with E-state index in [1.165, 1.54) is 4.31 Å². The highest BCUT2D eigenvalue weighted by molar-refractivity contribution is 7.87. The summed E-state index contributed by atoms with van der Waals surface area (Å²) in [5.74, 6) is 0. The van der Waals surface area contributed by atoms with Gasteiger partial charge in [-0.05, 0) is 40.2 Å². The van der Waals surface area contributed by atoms with Crippen LogP contribution in [0.4, 0.5) is 0 Å². The van der Waals surface area contributed by atoms with E-state index in [0.717, 1.165) is 19.4 Å². The lowest BCUT2D eigenvalue weighted by molar-refractivity contribution is 0.243. The minimum absolute atomic E-state index is 0.129. The zero-order valence-corrected chi connectivity index (χ0v) is 12.3. The third kappa shape index (κ3) is 5.19. The number of rotatable bonds is 6. The SMILES string of the molecule is CC(C)(C)NS(=O)(=O)N(CCO)CC1CCCN1. The van der Waals surface area contributed by atoms with E-state index in [1.54, 1.807) is 20.8 Å². The maximum atomic E-state index is 12.2. The monoisotopic (exact) mass is 279 g/mol. The summed E-state index contributed by atoms with van der Waals surface area (Å²) in [7, 11) is -3.55. The number of nitrogens with zero attached hydrogens (tertiary/aromatic N) is 1. The average Bonchev–Trinajstić information content (AvgIpc) is 2.66. The Morgan fingerprint density at radius 3 is 2.56 bits per heavy atom. The summed E-state index contributed by atoms with van der Waals surface area (Å²) >= 11 is 0. The van der Waals surface area contributed by atoms with Crippen molar-refractivity contribution in [2.24, 2.45) is 0 Å². The highest BCUT2D eigenvalue weighted by atomic mass is 32.2. The normalized spacial score (nSPS) is 21.7. The van der Waals surface area contributed by atoms with Crippen molar-refractivity contribution in [2.45, 2.75) is 45.2 Å². The van der Waals surface area contributed by atoms with Crippen molar-refractivity contribution < 1.29 is 13.5 Å². The first kappa shape index (κ1) is 15.8. The molecule has 1 aliphatic heterocycles. The summed E-state index contributed by atoms with van der Waals surface area (Å²) in [5, 5.41) is 12.3. The van der Waals surface area contributed by atoms with Crippen molar-refractivity contribution in [1.82, 2.24) is 14.3 Å². The molecule has 108 valence electrons. The van der Waals surface area contributed by atoms with Gasteiger partial charge in [0.1, 0.15) is 0 Å². The lowest BCUT2D eigenvalue weighted by Gasteiger charge is -2.29. The summed E-state index contributed by atoms with van der Waals surface area (Å²) in [5.41, 5.74) is -0.518. The Morgan fingerprint density at radius 2 is 2.11 bits per heavy atom. The van der Waals surface area contributed by atoms with Gasteiger partial charge in [0, 0.05) is 24.7 Å². The minimum atomic E-state index is -3.55.